The molecule has 0 bridgehead atoms. The second kappa shape index (κ2) is 11.1. The maximum absolute atomic E-state index is 12.8. The monoisotopic (exact) mass is 447 g/mol. The van der Waals surface area contributed by atoms with E-state index in [4.69, 9.17) is 9.47 Å². The second-order valence-electron chi connectivity index (χ2n) is 8.06. The zero-order chi connectivity index (χ0) is 23.8. The maximum atomic E-state index is 12.8. The second-order valence-corrected chi connectivity index (χ2v) is 8.06. The van der Waals surface area contributed by atoms with Gasteiger partial charge in [0.1, 0.15) is 17.5 Å². The summed E-state index contributed by atoms with van der Waals surface area (Å²) in [5.74, 6) is 1.15. The molecule has 0 aliphatic heterocycles. The van der Waals surface area contributed by atoms with Gasteiger partial charge in [0.05, 0.1) is 7.11 Å². The summed E-state index contributed by atoms with van der Waals surface area (Å²) in [6.45, 7) is 6.03. The highest BCUT2D eigenvalue weighted by atomic mass is 16.5. The molecule has 2 aromatic carbocycles. The third-order valence-electron chi connectivity index (χ3n) is 5.08. The zero-order valence-corrected chi connectivity index (χ0v) is 19.3. The molecule has 1 heterocycles. The summed E-state index contributed by atoms with van der Waals surface area (Å²) >= 11 is 0. The molecule has 0 radical (unpaired) electrons. The van der Waals surface area contributed by atoms with Gasteiger partial charge in [-0.05, 0) is 42.7 Å². The maximum Gasteiger partial charge on any atom is 0.251 e. The van der Waals surface area contributed by atoms with Gasteiger partial charge < -0.3 is 20.1 Å². The van der Waals surface area contributed by atoms with Gasteiger partial charge in [0.15, 0.2) is 0 Å². The lowest BCUT2D eigenvalue weighted by molar-refractivity contribution is -0.124. The van der Waals surface area contributed by atoms with Crippen LogP contribution in [-0.2, 0) is 11.3 Å². The number of methoxy groups -OCH3 is 1. The summed E-state index contributed by atoms with van der Waals surface area (Å²) < 4.78 is 10.9. The fourth-order valence-corrected chi connectivity index (χ4v) is 3.12. The fourth-order valence-electron chi connectivity index (χ4n) is 3.12. The zero-order valence-electron chi connectivity index (χ0n) is 19.3. The number of rotatable bonds is 9. The molecule has 1 aromatic heterocycles. The summed E-state index contributed by atoms with van der Waals surface area (Å²) in [7, 11) is 1.60. The van der Waals surface area contributed by atoms with Crippen molar-refractivity contribution in [3.63, 3.8) is 0 Å². The highest BCUT2D eigenvalue weighted by Gasteiger charge is 2.24. The number of hydrogen-bond donors (Lipinski definition) is 2. The lowest BCUT2D eigenvalue weighted by atomic mass is 10.0. The summed E-state index contributed by atoms with van der Waals surface area (Å²) in [6.07, 6.45) is 1.64. The highest BCUT2D eigenvalue weighted by molar-refractivity contribution is 5.97. The lowest BCUT2D eigenvalue weighted by Gasteiger charge is -2.22. The van der Waals surface area contributed by atoms with Gasteiger partial charge in [-0.1, -0.05) is 43.7 Å². The first kappa shape index (κ1) is 23.8. The number of ether oxygens (including phenoxy) is 2. The molecular formula is C26H29N3O4. The van der Waals surface area contributed by atoms with Crippen molar-refractivity contribution in [1.82, 2.24) is 15.6 Å². The quantitative estimate of drug-likeness (QED) is 0.512. The van der Waals surface area contributed by atoms with E-state index in [2.05, 4.69) is 15.6 Å². The van der Waals surface area contributed by atoms with Gasteiger partial charge in [-0.2, -0.15) is 0 Å². The number of nitrogens with one attached hydrogen (secondary N) is 2. The van der Waals surface area contributed by atoms with Crippen LogP contribution in [0.2, 0.25) is 0 Å². The molecule has 0 aliphatic carbocycles. The number of benzene rings is 2. The van der Waals surface area contributed by atoms with E-state index < -0.39 is 6.04 Å². The van der Waals surface area contributed by atoms with Crippen molar-refractivity contribution in [3.8, 4) is 17.4 Å². The van der Waals surface area contributed by atoms with E-state index in [0.29, 0.717) is 22.9 Å². The molecule has 0 aliphatic rings. The number of carbonyl (C=O) groups excluding carboxylic acids is 2. The standard InChI is InChI=1S/C26H29N3O4/c1-17(2)24(29-25(30)20-11-8-18(3)9-12-20)26(31)28-16-19-10-13-23(27-15-19)33-22-7-5-6-21(14-22)32-4/h5-15,17,24H,16H2,1-4H3,(H,28,31)(H,29,30). The van der Waals surface area contributed by atoms with Gasteiger partial charge in [0.25, 0.3) is 5.91 Å². The number of nitrogens with zero attached hydrogens (tertiary/aromatic N) is 1. The Morgan fingerprint density at radius 2 is 1.73 bits per heavy atom. The van der Waals surface area contributed by atoms with Gasteiger partial charge in [0.2, 0.25) is 11.8 Å². The van der Waals surface area contributed by atoms with E-state index in [0.717, 1.165) is 11.1 Å². The van der Waals surface area contributed by atoms with Crippen LogP contribution in [-0.4, -0.2) is 29.9 Å². The van der Waals surface area contributed by atoms with Crippen molar-refractivity contribution in [2.24, 2.45) is 5.92 Å². The molecule has 2 amide bonds. The molecule has 0 fully saturated rings. The van der Waals surface area contributed by atoms with Gasteiger partial charge in [-0.3, -0.25) is 9.59 Å². The molecule has 7 heteroatoms. The minimum absolute atomic E-state index is 0.0730. The predicted molar refractivity (Wildman–Crippen MR) is 126 cm³/mol. The van der Waals surface area contributed by atoms with Crippen LogP contribution >= 0.6 is 0 Å². The molecule has 33 heavy (non-hydrogen) atoms. The number of pyridine rings is 1. The van der Waals surface area contributed by atoms with Crippen molar-refractivity contribution in [2.45, 2.75) is 33.4 Å². The van der Waals surface area contributed by atoms with Crippen LogP contribution in [0.3, 0.4) is 0 Å². The van der Waals surface area contributed by atoms with Crippen molar-refractivity contribution in [3.05, 3.63) is 83.6 Å². The summed E-state index contributed by atoms with van der Waals surface area (Å²) in [4.78, 5) is 29.6. The van der Waals surface area contributed by atoms with Crippen LogP contribution in [0.15, 0.2) is 66.9 Å². The topological polar surface area (TPSA) is 89.5 Å². The van der Waals surface area contributed by atoms with Crippen molar-refractivity contribution >= 4 is 11.8 Å². The number of carbonyl (C=O) groups is 2. The molecule has 1 atom stereocenters. The van der Waals surface area contributed by atoms with E-state index in [1.165, 1.54) is 0 Å². The van der Waals surface area contributed by atoms with Gasteiger partial charge in [0, 0.05) is 30.4 Å². The molecule has 172 valence electrons. The normalized spacial score (nSPS) is 11.5. The van der Waals surface area contributed by atoms with Crippen LogP contribution in [0.5, 0.6) is 17.4 Å². The smallest absolute Gasteiger partial charge is 0.251 e. The van der Waals surface area contributed by atoms with Crippen LogP contribution in [0.25, 0.3) is 0 Å². The number of hydrogen-bond acceptors (Lipinski definition) is 5. The Hall–Kier alpha value is -3.87. The van der Waals surface area contributed by atoms with Crippen LogP contribution < -0.4 is 20.1 Å². The molecule has 3 aromatic rings. The van der Waals surface area contributed by atoms with Crippen molar-refractivity contribution in [2.75, 3.05) is 7.11 Å². The van der Waals surface area contributed by atoms with E-state index >= 15 is 0 Å². The van der Waals surface area contributed by atoms with Crippen molar-refractivity contribution in [1.29, 1.82) is 0 Å². The fraction of sp³-hybridized carbons (Fsp3) is 0.269. The summed E-state index contributed by atoms with van der Waals surface area (Å²) in [5, 5.41) is 5.72. The molecule has 0 saturated carbocycles. The number of amides is 2. The first-order valence-electron chi connectivity index (χ1n) is 10.8. The molecule has 0 spiro atoms. The molecular weight excluding hydrogens is 418 g/mol. The third kappa shape index (κ3) is 6.80. The Bertz CT molecular complexity index is 1080. The Morgan fingerprint density at radius 1 is 1.00 bits per heavy atom. The number of aromatic nitrogens is 1. The first-order valence-corrected chi connectivity index (χ1v) is 10.8. The molecule has 1 unspecified atom stereocenters. The van der Waals surface area contributed by atoms with Crippen LogP contribution in [0.1, 0.15) is 35.3 Å². The van der Waals surface area contributed by atoms with Crippen LogP contribution in [0.4, 0.5) is 0 Å². The van der Waals surface area contributed by atoms with E-state index in [9.17, 15) is 9.59 Å². The first-order chi connectivity index (χ1) is 15.9. The van der Waals surface area contributed by atoms with Crippen LogP contribution in [0, 0.1) is 12.8 Å². The van der Waals surface area contributed by atoms with Gasteiger partial charge in [-0.25, -0.2) is 4.98 Å². The Kier molecular flexibility index (Phi) is 8.02. The highest BCUT2D eigenvalue weighted by Crippen LogP contribution is 2.23. The number of aryl methyl sites for hydroxylation is 1. The summed E-state index contributed by atoms with van der Waals surface area (Å²) in [6, 6.07) is 17.4. The summed E-state index contributed by atoms with van der Waals surface area (Å²) in [5.41, 5.74) is 2.40. The van der Waals surface area contributed by atoms with Gasteiger partial charge >= 0.3 is 0 Å². The van der Waals surface area contributed by atoms with E-state index in [1.807, 2.05) is 57.2 Å². The average molecular weight is 448 g/mol. The molecule has 7 nitrogen and oxygen atoms in total. The Balaban J connectivity index is 1.56. The van der Waals surface area contributed by atoms with E-state index in [-0.39, 0.29) is 24.3 Å². The SMILES string of the molecule is COc1cccc(Oc2ccc(CNC(=O)C(NC(=O)c3ccc(C)cc3)C(C)C)cn2)c1. The largest absolute Gasteiger partial charge is 0.497 e. The lowest BCUT2D eigenvalue weighted by Crippen LogP contribution is -2.49. The molecule has 0 saturated heterocycles. The average Bonchev–Trinajstić information content (AvgIpc) is 2.82. The van der Waals surface area contributed by atoms with E-state index in [1.54, 1.807) is 37.6 Å². The Labute approximate surface area is 194 Å². The minimum atomic E-state index is -0.651. The van der Waals surface area contributed by atoms with Gasteiger partial charge in [-0.15, -0.1) is 0 Å². The van der Waals surface area contributed by atoms with Crippen molar-refractivity contribution < 1.29 is 19.1 Å². The third-order valence-corrected chi connectivity index (χ3v) is 5.08. The predicted octanol–water partition coefficient (Wildman–Crippen LogP) is 4.26. The molecule has 2 N–H and O–H groups in total. The minimum Gasteiger partial charge on any atom is -0.497 e. The Morgan fingerprint density at radius 3 is 2.36 bits per heavy atom. The molecule has 3 rings (SSSR count).